The third kappa shape index (κ3) is 2.41. The van der Waals surface area contributed by atoms with Crippen LogP contribution in [0.4, 0.5) is 0 Å². The van der Waals surface area contributed by atoms with Crippen molar-refractivity contribution in [2.45, 2.75) is 37.6 Å². The summed E-state index contributed by atoms with van der Waals surface area (Å²) in [5.74, 6) is -0.121. The van der Waals surface area contributed by atoms with Crippen LogP contribution < -0.4 is 5.32 Å². The standard InChI is InChI=1S/C15H19N3O2/c19-10-15(6-2-1-3-7-15)17-14(20)11-4-5-13-12(8-11)9-16-18-13/h4-5,8-9,19H,1-3,6-7,10H2,(H,16,18)(H,17,20). The Morgan fingerprint density at radius 3 is 2.90 bits per heavy atom. The quantitative estimate of drug-likeness (QED) is 0.800. The molecule has 0 unspecified atom stereocenters. The van der Waals surface area contributed by atoms with Crippen LogP contribution in [-0.4, -0.2) is 33.4 Å². The van der Waals surface area contributed by atoms with Crippen LogP contribution in [0.2, 0.25) is 0 Å². The van der Waals surface area contributed by atoms with E-state index in [1.54, 1.807) is 12.3 Å². The van der Waals surface area contributed by atoms with Crippen LogP contribution in [-0.2, 0) is 0 Å². The second-order valence-electron chi connectivity index (χ2n) is 5.63. The number of hydrogen-bond donors (Lipinski definition) is 3. The van der Waals surface area contributed by atoms with Gasteiger partial charge in [-0.05, 0) is 31.0 Å². The Balaban J connectivity index is 1.80. The third-order valence-corrected chi connectivity index (χ3v) is 4.19. The van der Waals surface area contributed by atoms with Crippen molar-refractivity contribution >= 4 is 16.8 Å². The summed E-state index contributed by atoms with van der Waals surface area (Å²) >= 11 is 0. The molecule has 3 N–H and O–H groups in total. The molecule has 1 fully saturated rings. The SMILES string of the molecule is O=C(NC1(CO)CCCCC1)c1ccc2[nH]ncc2c1. The lowest BCUT2D eigenvalue weighted by Gasteiger charge is -2.36. The summed E-state index contributed by atoms with van der Waals surface area (Å²) in [5, 5.41) is 20.4. The number of aromatic amines is 1. The molecule has 0 atom stereocenters. The lowest BCUT2D eigenvalue weighted by molar-refractivity contribution is 0.0759. The summed E-state index contributed by atoms with van der Waals surface area (Å²) in [6, 6.07) is 5.45. The van der Waals surface area contributed by atoms with Crippen molar-refractivity contribution < 1.29 is 9.90 Å². The normalized spacial score (nSPS) is 18.1. The molecule has 1 aliphatic carbocycles. The molecule has 1 heterocycles. The Labute approximate surface area is 117 Å². The van der Waals surface area contributed by atoms with E-state index in [0.717, 1.165) is 36.6 Å². The maximum absolute atomic E-state index is 12.4. The molecule has 106 valence electrons. The molecule has 2 aromatic rings. The molecule has 1 saturated carbocycles. The van der Waals surface area contributed by atoms with Gasteiger partial charge in [-0.15, -0.1) is 0 Å². The van der Waals surface area contributed by atoms with Gasteiger partial charge in [-0.1, -0.05) is 19.3 Å². The number of nitrogens with zero attached hydrogens (tertiary/aromatic N) is 1. The van der Waals surface area contributed by atoms with Gasteiger partial charge in [-0.25, -0.2) is 0 Å². The first-order valence-electron chi connectivity index (χ1n) is 7.09. The fraction of sp³-hybridized carbons (Fsp3) is 0.467. The smallest absolute Gasteiger partial charge is 0.251 e. The summed E-state index contributed by atoms with van der Waals surface area (Å²) in [7, 11) is 0. The minimum Gasteiger partial charge on any atom is -0.394 e. The second-order valence-corrected chi connectivity index (χ2v) is 5.63. The maximum Gasteiger partial charge on any atom is 0.251 e. The van der Waals surface area contributed by atoms with Gasteiger partial charge in [0, 0.05) is 10.9 Å². The van der Waals surface area contributed by atoms with Gasteiger partial charge in [0.15, 0.2) is 0 Å². The van der Waals surface area contributed by atoms with Crippen LogP contribution >= 0.6 is 0 Å². The summed E-state index contributed by atoms with van der Waals surface area (Å²) in [6.45, 7) is 0.00664. The number of benzene rings is 1. The molecule has 5 nitrogen and oxygen atoms in total. The zero-order valence-electron chi connectivity index (χ0n) is 11.4. The van der Waals surface area contributed by atoms with Gasteiger partial charge in [-0.3, -0.25) is 9.89 Å². The van der Waals surface area contributed by atoms with Crippen molar-refractivity contribution in [2.75, 3.05) is 6.61 Å². The first-order valence-corrected chi connectivity index (χ1v) is 7.09. The highest BCUT2D eigenvalue weighted by Crippen LogP contribution is 2.28. The number of fused-ring (bicyclic) bond motifs is 1. The Kier molecular flexibility index (Phi) is 3.44. The molecule has 0 bridgehead atoms. The average molecular weight is 273 g/mol. The van der Waals surface area contributed by atoms with Crippen LogP contribution in [0, 0.1) is 0 Å². The third-order valence-electron chi connectivity index (χ3n) is 4.19. The lowest BCUT2D eigenvalue weighted by Crippen LogP contribution is -2.52. The summed E-state index contributed by atoms with van der Waals surface area (Å²) in [5.41, 5.74) is 1.08. The van der Waals surface area contributed by atoms with E-state index in [1.807, 2.05) is 12.1 Å². The maximum atomic E-state index is 12.4. The molecule has 1 aliphatic rings. The number of amides is 1. The zero-order chi connectivity index (χ0) is 14.0. The highest BCUT2D eigenvalue weighted by Gasteiger charge is 2.33. The molecule has 5 heteroatoms. The van der Waals surface area contributed by atoms with Gasteiger partial charge in [0.2, 0.25) is 0 Å². The van der Waals surface area contributed by atoms with Gasteiger partial charge < -0.3 is 10.4 Å². The van der Waals surface area contributed by atoms with Crippen molar-refractivity contribution in [3.8, 4) is 0 Å². The summed E-state index contributed by atoms with van der Waals surface area (Å²) in [6.07, 6.45) is 6.70. The van der Waals surface area contributed by atoms with Crippen LogP contribution in [0.15, 0.2) is 24.4 Å². The lowest BCUT2D eigenvalue weighted by atomic mass is 9.82. The Morgan fingerprint density at radius 2 is 2.15 bits per heavy atom. The van der Waals surface area contributed by atoms with E-state index in [1.165, 1.54) is 6.42 Å². The first-order chi connectivity index (χ1) is 9.72. The van der Waals surface area contributed by atoms with Crippen LogP contribution in [0.1, 0.15) is 42.5 Å². The van der Waals surface area contributed by atoms with Gasteiger partial charge in [-0.2, -0.15) is 5.10 Å². The number of carbonyl (C=O) groups excluding carboxylic acids is 1. The molecule has 0 radical (unpaired) electrons. The highest BCUT2D eigenvalue weighted by atomic mass is 16.3. The monoisotopic (exact) mass is 273 g/mol. The predicted octanol–water partition coefficient (Wildman–Crippen LogP) is 1.99. The van der Waals surface area contributed by atoms with E-state index in [-0.39, 0.29) is 12.5 Å². The van der Waals surface area contributed by atoms with E-state index >= 15 is 0 Å². The molecule has 1 aromatic carbocycles. The number of rotatable bonds is 3. The number of nitrogens with one attached hydrogen (secondary N) is 2. The largest absolute Gasteiger partial charge is 0.394 e. The summed E-state index contributed by atoms with van der Waals surface area (Å²) < 4.78 is 0. The van der Waals surface area contributed by atoms with Crippen LogP contribution in [0.5, 0.6) is 0 Å². The number of aliphatic hydroxyl groups excluding tert-OH is 1. The fourth-order valence-corrected chi connectivity index (χ4v) is 2.95. The molecular weight excluding hydrogens is 254 g/mol. The van der Waals surface area contributed by atoms with Gasteiger partial charge in [0.25, 0.3) is 5.91 Å². The van der Waals surface area contributed by atoms with Crippen LogP contribution in [0.3, 0.4) is 0 Å². The van der Waals surface area contributed by atoms with Crippen molar-refractivity contribution in [3.05, 3.63) is 30.0 Å². The van der Waals surface area contributed by atoms with Crippen molar-refractivity contribution in [1.82, 2.24) is 15.5 Å². The average Bonchev–Trinajstić information content (AvgIpc) is 2.95. The Morgan fingerprint density at radius 1 is 1.35 bits per heavy atom. The molecule has 0 saturated heterocycles. The molecule has 1 amide bonds. The topological polar surface area (TPSA) is 78.0 Å². The molecule has 0 aliphatic heterocycles. The molecule has 20 heavy (non-hydrogen) atoms. The molecular formula is C15H19N3O2. The Bertz CT molecular complexity index is 614. The predicted molar refractivity (Wildman–Crippen MR) is 76.5 cm³/mol. The van der Waals surface area contributed by atoms with Gasteiger partial charge >= 0.3 is 0 Å². The minimum absolute atomic E-state index is 0.00664. The Hall–Kier alpha value is -1.88. The van der Waals surface area contributed by atoms with E-state index in [0.29, 0.717) is 5.56 Å². The molecule has 1 aromatic heterocycles. The fourth-order valence-electron chi connectivity index (χ4n) is 2.95. The second kappa shape index (κ2) is 5.25. The van der Waals surface area contributed by atoms with E-state index in [9.17, 15) is 9.90 Å². The molecule has 3 rings (SSSR count). The van der Waals surface area contributed by atoms with Crippen molar-refractivity contribution in [2.24, 2.45) is 0 Å². The number of hydrogen-bond acceptors (Lipinski definition) is 3. The number of carbonyl (C=O) groups is 1. The molecule has 0 spiro atoms. The highest BCUT2D eigenvalue weighted by molar-refractivity contribution is 5.98. The van der Waals surface area contributed by atoms with Crippen LogP contribution in [0.25, 0.3) is 10.9 Å². The van der Waals surface area contributed by atoms with E-state index in [4.69, 9.17) is 0 Å². The summed E-state index contributed by atoms with van der Waals surface area (Å²) in [4.78, 5) is 12.4. The van der Waals surface area contributed by atoms with E-state index in [2.05, 4.69) is 15.5 Å². The van der Waals surface area contributed by atoms with Crippen molar-refractivity contribution in [1.29, 1.82) is 0 Å². The first kappa shape index (κ1) is 13.1. The van der Waals surface area contributed by atoms with Gasteiger partial charge in [0.05, 0.1) is 23.9 Å². The van der Waals surface area contributed by atoms with E-state index < -0.39 is 5.54 Å². The number of aromatic nitrogens is 2. The number of H-pyrrole nitrogens is 1. The van der Waals surface area contributed by atoms with Crippen molar-refractivity contribution in [3.63, 3.8) is 0 Å². The zero-order valence-corrected chi connectivity index (χ0v) is 11.4. The van der Waals surface area contributed by atoms with Gasteiger partial charge in [0.1, 0.15) is 0 Å². The number of aliphatic hydroxyl groups is 1. The minimum atomic E-state index is -0.444.